The Labute approximate surface area is 139 Å². The lowest BCUT2D eigenvalue weighted by molar-refractivity contribution is -0.117. The van der Waals surface area contributed by atoms with Crippen LogP contribution in [0, 0.1) is 5.92 Å². The molecule has 1 heterocycles. The first kappa shape index (κ1) is 15.6. The maximum Gasteiger partial charge on any atom is 0.225 e. The van der Waals surface area contributed by atoms with Crippen molar-refractivity contribution >= 4 is 34.0 Å². The van der Waals surface area contributed by atoms with Crippen molar-refractivity contribution in [3.63, 3.8) is 0 Å². The lowest BCUT2D eigenvalue weighted by Gasteiger charge is -2.09. The monoisotopic (exact) mass is 332 g/mol. The molecule has 1 amide bonds. The fraction of sp³-hybridized carbons (Fsp3) is 0.412. The third kappa shape index (κ3) is 3.70. The molecule has 1 aromatic carbocycles. The Bertz CT molecular complexity index is 633. The van der Waals surface area contributed by atoms with Gasteiger partial charge in [-0.1, -0.05) is 66.3 Å². The van der Waals surface area contributed by atoms with E-state index in [9.17, 15) is 4.79 Å². The molecule has 0 aliphatic heterocycles. The average Bonchev–Trinajstić information content (AvgIpc) is 3.17. The van der Waals surface area contributed by atoms with Gasteiger partial charge in [-0.15, -0.1) is 0 Å². The summed E-state index contributed by atoms with van der Waals surface area (Å²) in [5, 5.41) is 3.97. The third-order valence-electron chi connectivity index (χ3n) is 4.03. The molecule has 2 aromatic rings. The van der Waals surface area contributed by atoms with Crippen LogP contribution in [0.25, 0.3) is 11.3 Å². The Kier molecular flexibility index (Phi) is 5.16. The van der Waals surface area contributed by atoms with Gasteiger partial charge in [-0.05, 0) is 25.0 Å². The molecule has 3 rings (SSSR count). The van der Waals surface area contributed by atoms with Gasteiger partial charge in [0.15, 0.2) is 4.34 Å². The molecular formula is C17H20N2OS2. The molecule has 1 fully saturated rings. The molecule has 3 nitrogen and oxygen atoms in total. The van der Waals surface area contributed by atoms with Gasteiger partial charge in [0.05, 0.1) is 0 Å². The molecule has 1 aromatic heterocycles. The standard InChI is InChI=1S/C17H20N2OS2/c1-21-17-19-15(13-9-3-2-4-10-13)16(22-17)18-14(20)11-12-7-5-6-8-12/h2-4,9-10,12H,5-8,11H2,1H3,(H,18,20). The van der Waals surface area contributed by atoms with Gasteiger partial charge in [0, 0.05) is 12.0 Å². The highest BCUT2D eigenvalue weighted by molar-refractivity contribution is 8.00. The number of nitrogens with one attached hydrogen (secondary N) is 1. The van der Waals surface area contributed by atoms with E-state index in [1.165, 1.54) is 25.7 Å². The van der Waals surface area contributed by atoms with Gasteiger partial charge in [-0.2, -0.15) is 0 Å². The quantitative estimate of drug-likeness (QED) is 0.779. The van der Waals surface area contributed by atoms with Crippen LogP contribution in [0.4, 0.5) is 5.00 Å². The van der Waals surface area contributed by atoms with Crippen molar-refractivity contribution in [2.24, 2.45) is 5.92 Å². The number of nitrogens with zero attached hydrogens (tertiary/aromatic N) is 1. The molecule has 0 atom stereocenters. The lowest BCUT2D eigenvalue weighted by atomic mass is 10.0. The number of hydrogen-bond donors (Lipinski definition) is 1. The van der Waals surface area contributed by atoms with Crippen molar-refractivity contribution in [3.8, 4) is 11.3 Å². The molecule has 0 bridgehead atoms. The van der Waals surface area contributed by atoms with Crippen molar-refractivity contribution in [2.45, 2.75) is 36.4 Å². The molecular weight excluding hydrogens is 312 g/mol. The summed E-state index contributed by atoms with van der Waals surface area (Å²) in [5.74, 6) is 0.688. The molecule has 22 heavy (non-hydrogen) atoms. The molecule has 0 unspecified atom stereocenters. The summed E-state index contributed by atoms with van der Waals surface area (Å²) >= 11 is 3.18. The normalized spacial score (nSPS) is 15.1. The van der Waals surface area contributed by atoms with E-state index in [0.717, 1.165) is 20.6 Å². The van der Waals surface area contributed by atoms with E-state index in [-0.39, 0.29) is 5.91 Å². The van der Waals surface area contributed by atoms with Crippen molar-refractivity contribution in [2.75, 3.05) is 11.6 Å². The first-order valence-corrected chi connectivity index (χ1v) is 9.70. The largest absolute Gasteiger partial charge is 0.316 e. The van der Waals surface area contributed by atoms with Gasteiger partial charge in [0.25, 0.3) is 0 Å². The number of amides is 1. The van der Waals surface area contributed by atoms with Gasteiger partial charge in [0.2, 0.25) is 5.91 Å². The number of carbonyl (C=O) groups is 1. The van der Waals surface area contributed by atoms with Crippen LogP contribution >= 0.6 is 23.1 Å². The zero-order valence-electron chi connectivity index (χ0n) is 12.7. The molecule has 0 saturated heterocycles. The first-order chi connectivity index (χ1) is 10.8. The summed E-state index contributed by atoms with van der Waals surface area (Å²) in [6.07, 6.45) is 7.57. The van der Waals surface area contributed by atoms with E-state index in [0.29, 0.717) is 12.3 Å². The van der Waals surface area contributed by atoms with E-state index in [4.69, 9.17) is 0 Å². The molecule has 0 spiro atoms. The predicted molar refractivity (Wildman–Crippen MR) is 94.5 cm³/mol. The summed E-state index contributed by atoms with van der Waals surface area (Å²) in [4.78, 5) is 17.0. The Hall–Kier alpha value is -1.33. The minimum atomic E-state index is 0.125. The van der Waals surface area contributed by atoms with Gasteiger partial charge >= 0.3 is 0 Å². The van der Waals surface area contributed by atoms with Gasteiger partial charge < -0.3 is 5.32 Å². The Morgan fingerprint density at radius 1 is 1.32 bits per heavy atom. The molecule has 0 radical (unpaired) electrons. The van der Waals surface area contributed by atoms with Crippen LogP contribution in [0.1, 0.15) is 32.1 Å². The zero-order valence-corrected chi connectivity index (χ0v) is 14.3. The molecule has 5 heteroatoms. The van der Waals surface area contributed by atoms with Crippen molar-refractivity contribution in [1.82, 2.24) is 4.98 Å². The number of thiazole rings is 1. The van der Waals surface area contributed by atoms with Crippen molar-refractivity contribution in [3.05, 3.63) is 30.3 Å². The highest BCUT2D eigenvalue weighted by Gasteiger charge is 2.20. The minimum Gasteiger partial charge on any atom is -0.316 e. The van der Waals surface area contributed by atoms with Crippen LogP contribution < -0.4 is 5.32 Å². The lowest BCUT2D eigenvalue weighted by Crippen LogP contribution is -2.14. The number of rotatable bonds is 5. The Morgan fingerprint density at radius 3 is 2.73 bits per heavy atom. The van der Waals surface area contributed by atoms with E-state index >= 15 is 0 Å². The van der Waals surface area contributed by atoms with Gasteiger partial charge in [0.1, 0.15) is 10.7 Å². The van der Waals surface area contributed by atoms with E-state index in [2.05, 4.69) is 10.3 Å². The molecule has 116 valence electrons. The molecule has 1 saturated carbocycles. The molecule has 1 aliphatic rings. The second-order valence-corrected chi connectivity index (χ2v) is 7.68. The number of hydrogen-bond acceptors (Lipinski definition) is 4. The number of carbonyl (C=O) groups excluding carboxylic acids is 1. The van der Waals surface area contributed by atoms with Crippen LogP contribution in [-0.4, -0.2) is 17.1 Å². The van der Waals surface area contributed by atoms with Crippen LogP contribution in [0.3, 0.4) is 0 Å². The molecule has 1 N–H and O–H groups in total. The number of thioether (sulfide) groups is 1. The summed E-state index contributed by atoms with van der Waals surface area (Å²) in [6, 6.07) is 10.1. The highest BCUT2D eigenvalue weighted by atomic mass is 32.2. The second-order valence-electron chi connectivity index (χ2n) is 5.63. The summed E-state index contributed by atoms with van der Waals surface area (Å²) < 4.78 is 0.981. The Balaban J connectivity index is 1.77. The van der Waals surface area contributed by atoms with Crippen LogP contribution in [-0.2, 0) is 4.79 Å². The van der Waals surface area contributed by atoms with Crippen molar-refractivity contribution < 1.29 is 4.79 Å². The highest BCUT2D eigenvalue weighted by Crippen LogP contribution is 2.37. The maximum absolute atomic E-state index is 12.3. The topological polar surface area (TPSA) is 42.0 Å². The smallest absolute Gasteiger partial charge is 0.225 e. The first-order valence-electron chi connectivity index (χ1n) is 7.66. The SMILES string of the molecule is CSc1nc(-c2ccccc2)c(NC(=O)CC2CCCC2)s1. The maximum atomic E-state index is 12.3. The van der Waals surface area contributed by atoms with Crippen LogP contribution in [0.15, 0.2) is 34.7 Å². The second kappa shape index (κ2) is 7.29. The van der Waals surface area contributed by atoms with E-state index in [1.807, 2.05) is 36.6 Å². The fourth-order valence-corrected chi connectivity index (χ4v) is 4.42. The predicted octanol–water partition coefficient (Wildman–Crippen LogP) is 5.05. The van der Waals surface area contributed by atoms with E-state index in [1.54, 1.807) is 23.1 Å². The van der Waals surface area contributed by atoms with Gasteiger partial charge in [-0.3, -0.25) is 4.79 Å². The number of benzene rings is 1. The molecule has 1 aliphatic carbocycles. The zero-order chi connectivity index (χ0) is 15.4. The number of anilines is 1. The Morgan fingerprint density at radius 2 is 2.05 bits per heavy atom. The fourth-order valence-electron chi connectivity index (χ4n) is 2.92. The summed E-state index contributed by atoms with van der Waals surface area (Å²) in [6.45, 7) is 0. The third-order valence-corrected chi connectivity index (χ3v) is 5.99. The minimum absolute atomic E-state index is 0.125. The van der Waals surface area contributed by atoms with E-state index < -0.39 is 0 Å². The van der Waals surface area contributed by atoms with Gasteiger partial charge in [-0.25, -0.2) is 4.98 Å². The number of aromatic nitrogens is 1. The van der Waals surface area contributed by atoms with Crippen molar-refractivity contribution in [1.29, 1.82) is 0 Å². The summed E-state index contributed by atoms with van der Waals surface area (Å²) in [5.41, 5.74) is 1.94. The summed E-state index contributed by atoms with van der Waals surface area (Å²) in [7, 11) is 0. The van der Waals surface area contributed by atoms with Crippen LogP contribution in [0.2, 0.25) is 0 Å². The average molecular weight is 332 g/mol. The van der Waals surface area contributed by atoms with Crippen LogP contribution in [0.5, 0.6) is 0 Å².